The van der Waals surface area contributed by atoms with Gasteiger partial charge in [-0.3, -0.25) is 0 Å². The second-order valence-corrected chi connectivity index (χ2v) is 9.47. The molecule has 0 aliphatic carbocycles. The second-order valence-electron chi connectivity index (χ2n) is 9.47. The molecule has 0 aromatic heterocycles. The standard InChI is InChI=1S/C32H36N2O4/c1-35-31-9-4-6-25(20-31)23-36-18-5-19-37-30-14-11-28(12-15-30)34-17-16-33-22-29(34)24-38-32-13-10-26-7-2-3-8-27(26)21-32/h2-4,6-15,20-21,29,33H,5,16-19,22-24H2,1H3/t29-/m1/s1. The first kappa shape index (κ1) is 25.9. The topological polar surface area (TPSA) is 52.2 Å². The van der Waals surface area contributed by atoms with Gasteiger partial charge in [0, 0.05) is 31.7 Å². The zero-order valence-corrected chi connectivity index (χ0v) is 22.0. The summed E-state index contributed by atoms with van der Waals surface area (Å²) in [6.45, 7) is 5.25. The van der Waals surface area contributed by atoms with Gasteiger partial charge in [0.05, 0.1) is 33.0 Å². The molecule has 1 fully saturated rings. The smallest absolute Gasteiger partial charge is 0.120 e. The van der Waals surface area contributed by atoms with Gasteiger partial charge in [-0.15, -0.1) is 0 Å². The summed E-state index contributed by atoms with van der Waals surface area (Å²) in [6, 6.07) is 31.2. The van der Waals surface area contributed by atoms with Crippen LogP contribution in [0.2, 0.25) is 0 Å². The normalized spacial score (nSPS) is 15.4. The molecule has 6 heteroatoms. The highest BCUT2D eigenvalue weighted by Gasteiger charge is 2.23. The number of nitrogens with one attached hydrogen (secondary N) is 1. The molecule has 0 unspecified atom stereocenters. The Morgan fingerprint density at radius 2 is 1.63 bits per heavy atom. The fraction of sp³-hybridized carbons (Fsp3) is 0.312. The molecule has 1 N–H and O–H groups in total. The monoisotopic (exact) mass is 512 g/mol. The quantitative estimate of drug-likeness (QED) is 0.246. The Hall–Kier alpha value is -3.74. The lowest BCUT2D eigenvalue weighted by Gasteiger charge is -2.37. The number of ether oxygens (including phenoxy) is 4. The van der Waals surface area contributed by atoms with Crippen molar-refractivity contribution >= 4 is 16.5 Å². The fourth-order valence-corrected chi connectivity index (χ4v) is 4.74. The van der Waals surface area contributed by atoms with Crippen molar-refractivity contribution in [3.63, 3.8) is 0 Å². The predicted octanol–water partition coefficient (Wildman–Crippen LogP) is 5.69. The van der Waals surface area contributed by atoms with Gasteiger partial charge in [0.15, 0.2) is 0 Å². The van der Waals surface area contributed by atoms with Crippen molar-refractivity contribution in [2.45, 2.75) is 19.1 Å². The van der Waals surface area contributed by atoms with E-state index in [0.29, 0.717) is 26.4 Å². The molecule has 198 valence electrons. The Kier molecular flexibility index (Phi) is 8.98. The summed E-state index contributed by atoms with van der Waals surface area (Å²) in [5, 5.41) is 5.93. The summed E-state index contributed by atoms with van der Waals surface area (Å²) in [5.41, 5.74) is 2.29. The molecule has 4 aromatic rings. The number of methoxy groups -OCH3 is 1. The maximum absolute atomic E-state index is 6.23. The van der Waals surface area contributed by atoms with Gasteiger partial charge in [-0.2, -0.15) is 0 Å². The maximum Gasteiger partial charge on any atom is 0.120 e. The van der Waals surface area contributed by atoms with E-state index in [1.54, 1.807) is 7.11 Å². The first-order chi connectivity index (χ1) is 18.8. The Bertz CT molecular complexity index is 1290. The number of rotatable bonds is 12. The van der Waals surface area contributed by atoms with E-state index in [-0.39, 0.29) is 6.04 Å². The minimum atomic E-state index is 0.253. The molecule has 1 aliphatic rings. The van der Waals surface area contributed by atoms with Crippen LogP contribution in [0.5, 0.6) is 17.2 Å². The van der Waals surface area contributed by atoms with Crippen molar-refractivity contribution < 1.29 is 18.9 Å². The second kappa shape index (κ2) is 13.2. The molecule has 0 amide bonds. The third-order valence-electron chi connectivity index (χ3n) is 6.79. The number of fused-ring (bicyclic) bond motifs is 1. The summed E-state index contributed by atoms with van der Waals surface area (Å²) in [4.78, 5) is 2.42. The minimum Gasteiger partial charge on any atom is -0.497 e. The molecule has 6 nitrogen and oxygen atoms in total. The molecule has 1 heterocycles. The lowest BCUT2D eigenvalue weighted by atomic mass is 10.1. The molecule has 0 bridgehead atoms. The van der Waals surface area contributed by atoms with Gasteiger partial charge in [0.2, 0.25) is 0 Å². The van der Waals surface area contributed by atoms with Crippen LogP contribution < -0.4 is 24.4 Å². The number of hydrogen-bond acceptors (Lipinski definition) is 6. The molecule has 5 rings (SSSR count). The van der Waals surface area contributed by atoms with Crippen LogP contribution in [0, 0.1) is 0 Å². The lowest BCUT2D eigenvalue weighted by Crippen LogP contribution is -2.54. The number of anilines is 1. The van der Waals surface area contributed by atoms with Crippen LogP contribution in [0.15, 0.2) is 91.0 Å². The maximum atomic E-state index is 6.23. The van der Waals surface area contributed by atoms with E-state index in [9.17, 15) is 0 Å². The molecule has 38 heavy (non-hydrogen) atoms. The Morgan fingerprint density at radius 1 is 0.789 bits per heavy atom. The predicted molar refractivity (Wildman–Crippen MR) is 153 cm³/mol. The SMILES string of the molecule is COc1cccc(COCCCOc2ccc(N3CCNC[C@@H]3COc3ccc4ccccc4c3)cc2)c1. The summed E-state index contributed by atoms with van der Waals surface area (Å²) >= 11 is 0. The first-order valence-electron chi connectivity index (χ1n) is 13.3. The van der Waals surface area contributed by atoms with Crippen molar-refractivity contribution in [1.82, 2.24) is 5.32 Å². The van der Waals surface area contributed by atoms with E-state index in [1.807, 2.05) is 24.3 Å². The van der Waals surface area contributed by atoms with E-state index in [2.05, 4.69) is 76.9 Å². The van der Waals surface area contributed by atoms with Gasteiger partial charge in [-0.05, 0) is 64.9 Å². The van der Waals surface area contributed by atoms with Crippen molar-refractivity contribution in [3.05, 3.63) is 96.6 Å². The molecule has 0 radical (unpaired) electrons. The highest BCUT2D eigenvalue weighted by atomic mass is 16.5. The fourth-order valence-electron chi connectivity index (χ4n) is 4.74. The molecule has 0 spiro atoms. The van der Waals surface area contributed by atoms with Gasteiger partial charge in [0.25, 0.3) is 0 Å². The van der Waals surface area contributed by atoms with Crippen LogP contribution in [0.4, 0.5) is 5.69 Å². The van der Waals surface area contributed by atoms with Crippen LogP contribution in [0.25, 0.3) is 10.8 Å². The summed E-state index contributed by atoms with van der Waals surface area (Å²) < 4.78 is 23.2. The Balaban J connectivity index is 1.07. The molecule has 1 atom stereocenters. The highest BCUT2D eigenvalue weighted by molar-refractivity contribution is 5.83. The number of hydrogen-bond donors (Lipinski definition) is 1. The van der Waals surface area contributed by atoms with E-state index in [4.69, 9.17) is 18.9 Å². The Labute approximate surface area is 225 Å². The van der Waals surface area contributed by atoms with Gasteiger partial charge in [-0.1, -0.05) is 42.5 Å². The van der Waals surface area contributed by atoms with Gasteiger partial charge in [0.1, 0.15) is 23.9 Å². The number of piperazine rings is 1. The largest absolute Gasteiger partial charge is 0.497 e. The van der Waals surface area contributed by atoms with Crippen molar-refractivity contribution in [1.29, 1.82) is 0 Å². The van der Waals surface area contributed by atoms with Gasteiger partial charge in [-0.25, -0.2) is 0 Å². The van der Waals surface area contributed by atoms with Crippen molar-refractivity contribution in [2.24, 2.45) is 0 Å². The summed E-state index contributed by atoms with van der Waals surface area (Å²) in [6.07, 6.45) is 0.831. The van der Waals surface area contributed by atoms with Crippen LogP contribution in [-0.4, -0.2) is 52.6 Å². The zero-order valence-electron chi connectivity index (χ0n) is 22.0. The number of nitrogens with zero attached hydrogens (tertiary/aromatic N) is 1. The molecule has 1 aliphatic heterocycles. The third kappa shape index (κ3) is 6.97. The average Bonchev–Trinajstić information content (AvgIpc) is 2.98. The zero-order chi connectivity index (χ0) is 26.0. The first-order valence-corrected chi connectivity index (χ1v) is 13.3. The lowest BCUT2D eigenvalue weighted by molar-refractivity contribution is 0.107. The molecular weight excluding hydrogens is 476 g/mol. The van der Waals surface area contributed by atoms with Crippen LogP contribution in [-0.2, 0) is 11.3 Å². The van der Waals surface area contributed by atoms with Gasteiger partial charge >= 0.3 is 0 Å². The number of benzene rings is 4. The van der Waals surface area contributed by atoms with Crippen LogP contribution >= 0.6 is 0 Å². The Morgan fingerprint density at radius 3 is 2.50 bits per heavy atom. The summed E-state index contributed by atoms with van der Waals surface area (Å²) in [7, 11) is 1.67. The van der Waals surface area contributed by atoms with Crippen LogP contribution in [0.1, 0.15) is 12.0 Å². The van der Waals surface area contributed by atoms with E-state index in [0.717, 1.165) is 48.9 Å². The van der Waals surface area contributed by atoms with E-state index >= 15 is 0 Å². The highest BCUT2D eigenvalue weighted by Crippen LogP contribution is 2.24. The molecular formula is C32H36N2O4. The molecule has 0 saturated carbocycles. The van der Waals surface area contributed by atoms with E-state index < -0.39 is 0 Å². The third-order valence-corrected chi connectivity index (χ3v) is 6.79. The van der Waals surface area contributed by atoms with Crippen molar-refractivity contribution in [3.8, 4) is 17.2 Å². The minimum absolute atomic E-state index is 0.253. The van der Waals surface area contributed by atoms with Crippen LogP contribution in [0.3, 0.4) is 0 Å². The average molecular weight is 513 g/mol. The summed E-state index contributed by atoms with van der Waals surface area (Å²) in [5.74, 6) is 2.63. The van der Waals surface area contributed by atoms with Gasteiger partial charge < -0.3 is 29.2 Å². The molecule has 1 saturated heterocycles. The van der Waals surface area contributed by atoms with Crippen molar-refractivity contribution in [2.75, 3.05) is 51.5 Å². The molecule has 4 aromatic carbocycles. The van der Waals surface area contributed by atoms with E-state index in [1.165, 1.54) is 16.5 Å².